The van der Waals surface area contributed by atoms with Crippen LogP contribution >= 0.6 is 0 Å². The number of hydrogen-bond donors (Lipinski definition) is 2. The van der Waals surface area contributed by atoms with E-state index in [4.69, 9.17) is 19.2 Å². The van der Waals surface area contributed by atoms with Gasteiger partial charge in [0, 0.05) is 37.9 Å². The molecule has 30 heavy (non-hydrogen) atoms. The van der Waals surface area contributed by atoms with Gasteiger partial charge in [0.2, 0.25) is 0 Å². The van der Waals surface area contributed by atoms with Gasteiger partial charge in [-0.15, -0.1) is 0 Å². The molecule has 0 aliphatic carbocycles. The van der Waals surface area contributed by atoms with E-state index < -0.39 is 5.60 Å². The van der Waals surface area contributed by atoms with E-state index in [9.17, 15) is 4.79 Å². The largest absolute Gasteiger partial charge is 0.493 e. The lowest BCUT2D eigenvalue weighted by molar-refractivity contribution is 0.0171. The van der Waals surface area contributed by atoms with Crippen LogP contribution in [0.4, 0.5) is 10.5 Å². The number of likely N-dealkylation sites (tertiary alicyclic amines) is 1. The Morgan fingerprint density at radius 2 is 1.97 bits per heavy atom. The number of anilines is 1. The molecule has 1 aliphatic rings. The first kappa shape index (κ1) is 23.6. The van der Waals surface area contributed by atoms with Gasteiger partial charge in [-0.3, -0.25) is 4.99 Å². The van der Waals surface area contributed by atoms with Crippen molar-refractivity contribution in [2.24, 2.45) is 10.9 Å². The summed E-state index contributed by atoms with van der Waals surface area (Å²) in [5.74, 6) is 2.32. The zero-order valence-electron chi connectivity index (χ0n) is 19.1. The Morgan fingerprint density at radius 1 is 1.23 bits per heavy atom. The van der Waals surface area contributed by atoms with Gasteiger partial charge >= 0.3 is 6.09 Å². The fourth-order valence-corrected chi connectivity index (χ4v) is 3.28. The maximum atomic E-state index is 12.4. The second kappa shape index (κ2) is 10.9. The molecule has 2 N–H and O–H groups in total. The van der Waals surface area contributed by atoms with Gasteiger partial charge in [-0.05, 0) is 58.6 Å². The van der Waals surface area contributed by atoms with Crippen molar-refractivity contribution >= 4 is 17.7 Å². The SMILES string of the molecule is CCNC(=NCC1CCCN(C(=O)OC(C)(C)C)C1)Nc1ccc(OC)c(OC)c1. The molecule has 0 bridgehead atoms. The topological polar surface area (TPSA) is 84.4 Å². The van der Waals surface area contributed by atoms with Gasteiger partial charge in [0.15, 0.2) is 17.5 Å². The summed E-state index contributed by atoms with van der Waals surface area (Å²) in [7, 11) is 3.22. The molecule has 1 fully saturated rings. The molecular weight excluding hydrogens is 384 g/mol. The molecule has 0 aromatic heterocycles. The smallest absolute Gasteiger partial charge is 0.410 e. The number of rotatable bonds is 6. The van der Waals surface area contributed by atoms with E-state index in [1.165, 1.54) is 0 Å². The van der Waals surface area contributed by atoms with Crippen molar-refractivity contribution < 1.29 is 19.0 Å². The zero-order valence-corrected chi connectivity index (χ0v) is 19.1. The summed E-state index contributed by atoms with van der Waals surface area (Å²) in [6.45, 7) is 10.5. The lowest BCUT2D eigenvalue weighted by atomic mass is 9.98. The standard InChI is InChI=1S/C22H36N4O4/c1-7-23-20(25-17-10-11-18(28-5)19(13-17)29-6)24-14-16-9-8-12-26(15-16)21(27)30-22(2,3)4/h10-11,13,16H,7-9,12,14-15H2,1-6H3,(H2,23,24,25). The predicted octanol–water partition coefficient (Wildman–Crippen LogP) is 3.73. The number of nitrogens with zero attached hydrogens (tertiary/aromatic N) is 2. The van der Waals surface area contributed by atoms with Crippen LogP contribution in [0.3, 0.4) is 0 Å². The first-order valence-corrected chi connectivity index (χ1v) is 10.5. The molecule has 8 nitrogen and oxygen atoms in total. The zero-order chi connectivity index (χ0) is 22.1. The van der Waals surface area contributed by atoms with Crippen LogP contribution in [0, 0.1) is 5.92 Å². The number of hydrogen-bond acceptors (Lipinski definition) is 5. The van der Waals surface area contributed by atoms with Crippen LogP contribution in [0.2, 0.25) is 0 Å². The molecule has 1 aliphatic heterocycles. The van der Waals surface area contributed by atoms with Crippen molar-refractivity contribution in [3.8, 4) is 11.5 Å². The highest BCUT2D eigenvalue weighted by molar-refractivity contribution is 5.93. The van der Waals surface area contributed by atoms with E-state index in [2.05, 4.69) is 10.6 Å². The Morgan fingerprint density at radius 3 is 2.60 bits per heavy atom. The van der Waals surface area contributed by atoms with Gasteiger partial charge in [-0.1, -0.05) is 0 Å². The summed E-state index contributed by atoms with van der Waals surface area (Å²) in [4.78, 5) is 18.9. The number of ether oxygens (including phenoxy) is 3. The van der Waals surface area contributed by atoms with Crippen molar-refractivity contribution in [1.82, 2.24) is 10.2 Å². The Balaban J connectivity index is 2.01. The Labute approximate surface area is 180 Å². The van der Waals surface area contributed by atoms with Gasteiger partial charge in [0.25, 0.3) is 0 Å². The molecule has 0 spiro atoms. The normalized spacial score (nSPS) is 17.3. The quantitative estimate of drug-likeness (QED) is 0.539. The highest BCUT2D eigenvalue weighted by Crippen LogP contribution is 2.29. The van der Waals surface area contributed by atoms with E-state index >= 15 is 0 Å². The second-order valence-electron chi connectivity index (χ2n) is 8.35. The molecule has 1 atom stereocenters. The Kier molecular flexibility index (Phi) is 8.62. The van der Waals surface area contributed by atoms with E-state index in [1.807, 2.05) is 45.9 Å². The number of aliphatic imine (C=N–C) groups is 1. The summed E-state index contributed by atoms with van der Waals surface area (Å²) < 4.78 is 16.2. The van der Waals surface area contributed by atoms with Crippen molar-refractivity contribution in [3.63, 3.8) is 0 Å². The number of guanidine groups is 1. The first-order valence-electron chi connectivity index (χ1n) is 10.5. The van der Waals surface area contributed by atoms with Gasteiger partial charge < -0.3 is 29.7 Å². The number of carbonyl (C=O) groups excluding carboxylic acids is 1. The molecule has 1 heterocycles. The number of benzene rings is 1. The molecular formula is C22H36N4O4. The molecule has 1 aromatic carbocycles. The minimum atomic E-state index is -0.482. The monoisotopic (exact) mass is 420 g/mol. The summed E-state index contributed by atoms with van der Waals surface area (Å²) in [5.41, 5.74) is 0.371. The average molecular weight is 421 g/mol. The van der Waals surface area contributed by atoms with Crippen LogP contribution < -0.4 is 20.1 Å². The third kappa shape index (κ3) is 7.31. The van der Waals surface area contributed by atoms with E-state index in [0.717, 1.165) is 31.6 Å². The van der Waals surface area contributed by atoms with Crippen LogP contribution in [0.5, 0.6) is 11.5 Å². The van der Waals surface area contributed by atoms with Crippen LogP contribution in [-0.2, 0) is 4.74 Å². The Bertz CT molecular complexity index is 730. The summed E-state index contributed by atoms with van der Waals surface area (Å²) >= 11 is 0. The molecule has 1 amide bonds. The minimum Gasteiger partial charge on any atom is -0.493 e. The number of methoxy groups -OCH3 is 2. The van der Waals surface area contributed by atoms with Crippen LogP contribution in [-0.4, -0.2) is 63.0 Å². The third-order valence-electron chi connectivity index (χ3n) is 4.67. The lowest BCUT2D eigenvalue weighted by Gasteiger charge is -2.33. The summed E-state index contributed by atoms with van der Waals surface area (Å²) in [5, 5.41) is 6.57. The average Bonchev–Trinajstić information content (AvgIpc) is 2.71. The van der Waals surface area contributed by atoms with E-state index in [-0.39, 0.29) is 6.09 Å². The molecule has 2 rings (SSSR count). The molecule has 8 heteroatoms. The molecule has 1 aromatic rings. The summed E-state index contributed by atoms with van der Waals surface area (Å²) in [6.07, 6.45) is 1.75. The number of nitrogens with one attached hydrogen (secondary N) is 2. The highest BCUT2D eigenvalue weighted by atomic mass is 16.6. The number of amides is 1. The molecule has 1 saturated heterocycles. The number of carbonyl (C=O) groups is 1. The summed E-state index contributed by atoms with van der Waals surface area (Å²) in [6, 6.07) is 5.64. The van der Waals surface area contributed by atoms with Crippen LogP contribution in [0.15, 0.2) is 23.2 Å². The molecule has 168 valence electrons. The predicted molar refractivity (Wildman–Crippen MR) is 120 cm³/mol. The maximum Gasteiger partial charge on any atom is 0.410 e. The van der Waals surface area contributed by atoms with Gasteiger partial charge in [0.1, 0.15) is 5.60 Å². The van der Waals surface area contributed by atoms with Gasteiger partial charge in [-0.25, -0.2) is 4.79 Å². The third-order valence-corrected chi connectivity index (χ3v) is 4.67. The van der Waals surface area contributed by atoms with Gasteiger partial charge in [0.05, 0.1) is 14.2 Å². The highest BCUT2D eigenvalue weighted by Gasteiger charge is 2.27. The van der Waals surface area contributed by atoms with Crippen LogP contribution in [0.25, 0.3) is 0 Å². The second-order valence-corrected chi connectivity index (χ2v) is 8.35. The number of piperidine rings is 1. The van der Waals surface area contributed by atoms with Crippen molar-refractivity contribution in [1.29, 1.82) is 0 Å². The van der Waals surface area contributed by atoms with E-state index in [0.29, 0.717) is 36.5 Å². The van der Waals surface area contributed by atoms with Crippen molar-refractivity contribution in [2.45, 2.75) is 46.1 Å². The van der Waals surface area contributed by atoms with Gasteiger partial charge in [-0.2, -0.15) is 0 Å². The van der Waals surface area contributed by atoms with E-state index in [1.54, 1.807) is 19.1 Å². The maximum absolute atomic E-state index is 12.4. The fourth-order valence-electron chi connectivity index (χ4n) is 3.28. The molecule has 0 saturated carbocycles. The fraction of sp³-hybridized carbons (Fsp3) is 0.636. The minimum absolute atomic E-state index is 0.244. The van der Waals surface area contributed by atoms with Crippen LogP contribution in [0.1, 0.15) is 40.5 Å². The van der Waals surface area contributed by atoms with Crippen molar-refractivity contribution in [2.75, 3.05) is 45.7 Å². The van der Waals surface area contributed by atoms with Crippen molar-refractivity contribution in [3.05, 3.63) is 18.2 Å². The molecule has 0 radical (unpaired) electrons. The molecule has 1 unspecified atom stereocenters. The first-order chi connectivity index (χ1) is 14.3. The Hall–Kier alpha value is -2.64. The lowest BCUT2D eigenvalue weighted by Crippen LogP contribution is -2.43.